The first kappa shape index (κ1) is 11.9. The van der Waals surface area contributed by atoms with E-state index in [1.807, 2.05) is 7.11 Å². The van der Waals surface area contributed by atoms with E-state index in [4.69, 9.17) is 9.47 Å². The van der Waals surface area contributed by atoms with Crippen molar-refractivity contribution in [2.45, 2.75) is 37.7 Å². The topological polar surface area (TPSA) is 30.5 Å². The second-order valence-electron chi connectivity index (χ2n) is 6.26. The first-order chi connectivity index (χ1) is 8.31. The van der Waals surface area contributed by atoms with Gasteiger partial charge in [0.1, 0.15) is 5.60 Å². The number of methoxy groups -OCH3 is 1. The lowest BCUT2D eigenvalue weighted by atomic mass is 9.88. The van der Waals surface area contributed by atoms with Crippen LogP contribution < -0.4 is 5.32 Å². The Morgan fingerprint density at radius 2 is 2.29 bits per heavy atom. The molecule has 3 rings (SSSR count). The smallest absolute Gasteiger partial charge is 0.106 e. The van der Waals surface area contributed by atoms with Crippen LogP contribution in [0.15, 0.2) is 0 Å². The molecule has 3 fully saturated rings. The molecule has 1 aliphatic heterocycles. The van der Waals surface area contributed by atoms with Gasteiger partial charge in [-0.25, -0.2) is 0 Å². The normalized spacial score (nSPS) is 44.6. The molecule has 1 heterocycles. The van der Waals surface area contributed by atoms with Crippen molar-refractivity contribution in [3.05, 3.63) is 0 Å². The lowest BCUT2D eigenvalue weighted by Crippen LogP contribution is -2.44. The molecular formula is C14H25NO2. The molecule has 2 bridgehead atoms. The van der Waals surface area contributed by atoms with Gasteiger partial charge < -0.3 is 14.8 Å². The zero-order valence-corrected chi connectivity index (χ0v) is 10.9. The Balaban J connectivity index is 1.43. The maximum Gasteiger partial charge on any atom is 0.106 e. The molecule has 0 aromatic heterocycles. The summed E-state index contributed by atoms with van der Waals surface area (Å²) in [5.41, 5.74) is -0.0440. The van der Waals surface area contributed by atoms with Gasteiger partial charge in [0.2, 0.25) is 0 Å². The average molecular weight is 239 g/mol. The van der Waals surface area contributed by atoms with Crippen molar-refractivity contribution >= 4 is 0 Å². The van der Waals surface area contributed by atoms with Crippen molar-refractivity contribution in [1.29, 1.82) is 0 Å². The van der Waals surface area contributed by atoms with E-state index >= 15 is 0 Å². The fourth-order valence-electron chi connectivity index (χ4n) is 4.07. The molecule has 4 atom stereocenters. The van der Waals surface area contributed by atoms with E-state index in [2.05, 4.69) is 5.32 Å². The Hall–Kier alpha value is -0.120. The minimum Gasteiger partial charge on any atom is -0.378 e. The number of nitrogens with one attached hydrogen (secondary N) is 1. The second-order valence-corrected chi connectivity index (χ2v) is 6.26. The van der Waals surface area contributed by atoms with Crippen LogP contribution in [-0.4, -0.2) is 39.0 Å². The summed E-state index contributed by atoms with van der Waals surface area (Å²) in [6.07, 6.45) is 6.98. The lowest BCUT2D eigenvalue weighted by molar-refractivity contribution is -0.0164. The fourth-order valence-corrected chi connectivity index (χ4v) is 4.07. The van der Waals surface area contributed by atoms with E-state index in [-0.39, 0.29) is 5.60 Å². The molecule has 0 amide bonds. The summed E-state index contributed by atoms with van der Waals surface area (Å²) in [6, 6.07) is 0. The molecule has 98 valence electrons. The van der Waals surface area contributed by atoms with Crippen LogP contribution in [0.5, 0.6) is 0 Å². The lowest BCUT2D eigenvalue weighted by Gasteiger charge is -2.28. The van der Waals surface area contributed by atoms with Crippen molar-refractivity contribution in [2.24, 2.45) is 17.8 Å². The number of hydrogen-bond acceptors (Lipinski definition) is 3. The van der Waals surface area contributed by atoms with E-state index in [0.29, 0.717) is 0 Å². The molecule has 3 aliphatic rings. The van der Waals surface area contributed by atoms with Crippen molar-refractivity contribution in [1.82, 2.24) is 5.32 Å². The molecule has 0 aromatic carbocycles. The van der Waals surface area contributed by atoms with Crippen molar-refractivity contribution in [2.75, 3.05) is 33.4 Å². The summed E-state index contributed by atoms with van der Waals surface area (Å²) < 4.78 is 11.1. The molecule has 3 nitrogen and oxygen atoms in total. The number of rotatable bonds is 5. The minimum atomic E-state index is -0.0440. The number of hydrogen-bond donors (Lipinski definition) is 1. The summed E-state index contributed by atoms with van der Waals surface area (Å²) >= 11 is 0. The number of fused-ring (bicyclic) bond motifs is 2. The van der Waals surface area contributed by atoms with Gasteiger partial charge in [-0.3, -0.25) is 0 Å². The van der Waals surface area contributed by atoms with Gasteiger partial charge in [-0.2, -0.15) is 0 Å². The third-order valence-corrected chi connectivity index (χ3v) is 5.24. The van der Waals surface area contributed by atoms with Gasteiger partial charge in [0.25, 0.3) is 0 Å². The van der Waals surface area contributed by atoms with Gasteiger partial charge in [-0.15, -0.1) is 0 Å². The molecule has 1 N–H and O–H groups in total. The van der Waals surface area contributed by atoms with Gasteiger partial charge in [0.15, 0.2) is 0 Å². The predicted octanol–water partition coefficient (Wildman–Crippen LogP) is 1.82. The minimum absolute atomic E-state index is 0.0440. The predicted molar refractivity (Wildman–Crippen MR) is 67.0 cm³/mol. The Kier molecular flexibility index (Phi) is 3.42. The Bertz CT molecular complexity index is 263. The van der Waals surface area contributed by atoms with Crippen LogP contribution in [0.2, 0.25) is 0 Å². The van der Waals surface area contributed by atoms with E-state index < -0.39 is 0 Å². The summed E-state index contributed by atoms with van der Waals surface area (Å²) in [7, 11) is 1.81. The highest BCUT2D eigenvalue weighted by Crippen LogP contribution is 2.47. The standard InChI is InChI=1S/C14H25NO2/c1-16-14(4-5-17-10-14)9-15-8-13-7-11-2-3-12(13)6-11/h11-13,15H,2-10H2,1H3. The number of ether oxygens (including phenoxy) is 2. The van der Waals surface area contributed by atoms with Gasteiger partial charge in [-0.05, 0) is 43.6 Å². The van der Waals surface area contributed by atoms with Crippen LogP contribution in [0.25, 0.3) is 0 Å². The highest BCUT2D eigenvalue weighted by Gasteiger charge is 2.40. The zero-order valence-electron chi connectivity index (χ0n) is 10.9. The van der Waals surface area contributed by atoms with Crippen molar-refractivity contribution in [3.8, 4) is 0 Å². The highest BCUT2D eigenvalue weighted by molar-refractivity contribution is 4.92. The van der Waals surface area contributed by atoms with Crippen LogP contribution in [0.3, 0.4) is 0 Å². The SMILES string of the molecule is COC1(CNCC2CC3CCC2C3)CCOC1. The molecule has 0 aromatic rings. The quantitative estimate of drug-likeness (QED) is 0.794. The molecule has 2 aliphatic carbocycles. The molecular weight excluding hydrogens is 214 g/mol. The Morgan fingerprint density at radius 1 is 1.35 bits per heavy atom. The molecule has 0 radical (unpaired) electrons. The average Bonchev–Trinajstić information content (AvgIpc) is 3.05. The first-order valence-corrected chi connectivity index (χ1v) is 7.15. The third-order valence-electron chi connectivity index (χ3n) is 5.24. The molecule has 0 spiro atoms. The van der Waals surface area contributed by atoms with Crippen LogP contribution in [0.1, 0.15) is 32.1 Å². The summed E-state index contributed by atoms with van der Waals surface area (Å²) in [5.74, 6) is 3.01. The summed E-state index contributed by atoms with van der Waals surface area (Å²) in [4.78, 5) is 0. The van der Waals surface area contributed by atoms with Gasteiger partial charge in [0.05, 0.1) is 6.61 Å². The van der Waals surface area contributed by atoms with Gasteiger partial charge in [0, 0.05) is 26.7 Å². The maximum atomic E-state index is 5.64. The van der Waals surface area contributed by atoms with Crippen LogP contribution in [-0.2, 0) is 9.47 Å². The Labute approximate surface area is 104 Å². The van der Waals surface area contributed by atoms with Crippen LogP contribution in [0.4, 0.5) is 0 Å². The van der Waals surface area contributed by atoms with E-state index in [1.54, 1.807) is 0 Å². The van der Waals surface area contributed by atoms with E-state index in [9.17, 15) is 0 Å². The molecule has 4 unspecified atom stereocenters. The second kappa shape index (κ2) is 4.87. The molecule has 2 saturated carbocycles. The molecule has 1 saturated heterocycles. The van der Waals surface area contributed by atoms with Gasteiger partial charge >= 0.3 is 0 Å². The monoisotopic (exact) mass is 239 g/mol. The largest absolute Gasteiger partial charge is 0.378 e. The summed E-state index contributed by atoms with van der Waals surface area (Å²) in [5, 5.41) is 3.64. The molecule has 17 heavy (non-hydrogen) atoms. The Morgan fingerprint density at radius 3 is 2.88 bits per heavy atom. The van der Waals surface area contributed by atoms with E-state index in [0.717, 1.165) is 43.9 Å². The zero-order chi connectivity index (χ0) is 11.7. The third kappa shape index (κ3) is 2.38. The van der Waals surface area contributed by atoms with Crippen LogP contribution in [0, 0.1) is 17.8 Å². The van der Waals surface area contributed by atoms with Crippen LogP contribution >= 0.6 is 0 Å². The van der Waals surface area contributed by atoms with Gasteiger partial charge in [-0.1, -0.05) is 6.42 Å². The molecule has 3 heteroatoms. The highest BCUT2D eigenvalue weighted by atomic mass is 16.5. The summed E-state index contributed by atoms with van der Waals surface area (Å²) in [6.45, 7) is 3.75. The van der Waals surface area contributed by atoms with Crippen molar-refractivity contribution in [3.63, 3.8) is 0 Å². The maximum absolute atomic E-state index is 5.64. The first-order valence-electron chi connectivity index (χ1n) is 7.15. The fraction of sp³-hybridized carbons (Fsp3) is 1.00. The van der Waals surface area contributed by atoms with Crippen molar-refractivity contribution < 1.29 is 9.47 Å². The van der Waals surface area contributed by atoms with E-state index in [1.165, 1.54) is 32.2 Å².